The van der Waals surface area contributed by atoms with Crippen LogP contribution in [0.2, 0.25) is 0 Å². The molecule has 1 aliphatic carbocycles. The predicted molar refractivity (Wildman–Crippen MR) is 127 cm³/mol. The molecule has 32 heavy (non-hydrogen) atoms. The van der Waals surface area contributed by atoms with E-state index in [9.17, 15) is 9.59 Å². The molecule has 0 unspecified atom stereocenters. The van der Waals surface area contributed by atoms with Crippen LogP contribution in [0.3, 0.4) is 0 Å². The van der Waals surface area contributed by atoms with Crippen molar-refractivity contribution in [3.63, 3.8) is 0 Å². The van der Waals surface area contributed by atoms with E-state index in [1.54, 1.807) is 4.68 Å². The first kappa shape index (κ1) is 21.8. The average Bonchev–Trinajstić information content (AvgIpc) is 3.14. The number of amides is 2. The molecular formula is C26H30N4O2. The van der Waals surface area contributed by atoms with Gasteiger partial charge in [-0.1, -0.05) is 49.6 Å². The fraction of sp³-hybridized carbons (Fsp3) is 0.346. The highest BCUT2D eigenvalue weighted by Gasteiger charge is 2.23. The lowest BCUT2D eigenvalue weighted by atomic mass is 9.94. The normalized spacial score (nSPS) is 14.2. The molecule has 1 aromatic heterocycles. The molecule has 6 heteroatoms. The number of anilines is 1. The third kappa shape index (κ3) is 4.44. The van der Waals surface area contributed by atoms with Crippen molar-refractivity contribution >= 4 is 17.6 Å². The molecule has 6 nitrogen and oxygen atoms in total. The van der Waals surface area contributed by atoms with Gasteiger partial charge in [-0.3, -0.25) is 9.59 Å². The minimum Gasteiger partial charge on any atom is -0.339 e. The molecule has 1 aliphatic rings. The second-order valence-electron chi connectivity index (χ2n) is 8.52. The number of benzene rings is 2. The standard InChI is InChI=1S/C26H30N4O2/c1-18-24(20-10-6-4-7-11-20)25(27-19(2)31)30(28-18)23-16-14-21(15-17-23)26(32)29(3)22-12-8-5-9-13-22/h4,6-7,10-11,14-17,22H,5,8-9,12-13H2,1-3H3,(H,27,31). The van der Waals surface area contributed by atoms with Crippen LogP contribution in [-0.2, 0) is 4.79 Å². The van der Waals surface area contributed by atoms with Crippen molar-refractivity contribution in [3.8, 4) is 16.8 Å². The molecule has 0 aliphatic heterocycles. The second kappa shape index (κ2) is 9.39. The first-order chi connectivity index (χ1) is 15.5. The van der Waals surface area contributed by atoms with E-state index in [1.807, 2.05) is 73.5 Å². The van der Waals surface area contributed by atoms with Gasteiger partial charge in [0, 0.05) is 31.1 Å². The lowest BCUT2D eigenvalue weighted by Crippen LogP contribution is -2.38. The molecule has 1 N–H and O–H groups in total. The van der Waals surface area contributed by atoms with Crippen LogP contribution in [0, 0.1) is 6.92 Å². The van der Waals surface area contributed by atoms with Gasteiger partial charge in [0.05, 0.1) is 11.4 Å². The fourth-order valence-corrected chi connectivity index (χ4v) is 4.53. The van der Waals surface area contributed by atoms with Gasteiger partial charge < -0.3 is 10.2 Å². The highest BCUT2D eigenvalue weighted by molar-refractivity contribution is 5.95. The largest absolute Gasteiger partial charge is 0.339 e. The molecular weight excluding hydrogens is 400 g/mol. The number of hydrogen-bond acceptors (Lipinski definition) is 3. The Bertz CT molecular complexity index is 1100. The molecule has 2 aromatic carbocycles. The van der Waals surface area contributed by atoms with E-state index in [2.05, 4.69) is 5.32 Å². The van der Waals surface area contributed by atoms with Gasteiger partial charge in [0.1, 0.15) is 5.82 Å². The van der Waals surface area contributed by atoms with Crippen LogP contribution in [0.1, 0.15) is 55.1 Å². The maximum atomic E-state index is 13.0. The first-order valence-corrected chi connectivity index (χ1v) is 11.3. The minimum atomic E-state index is -0.163. The number of carbonyl (C=O) groups excluding carboxylic acids is 2. The van der Waals surface area contributed by atoms with Gasteiger partial charge in [-0.2, -0.15) is 5.10 Å². The maximum Gasteiger partial charge on any atom is 0.253 e. The fourth-order valence-electron chi connectivity index (χ4n) is 4.53. The Hall–Kier alpha value is -3.41. The molecule has 1 heterocycles. The Morgan fingerprint density at radius 3 is 2.28 bits per heavy atom. The van der Waals surface area contributed by atoms with Gasteiger partial charge in [0.2, 0.25) is 5.91 Å². The quantitative estimate of drug-likeness (QED) is 0.604. The molecule has 4 rings (SSSR count). The summed E-state index contributed by atoms with van der Waals surface area (Å²) in [5.41, 5.74) is 4.14. The lowest BCUT2D eigenvalue weighted by Gasteiger charge is -2.31. The van der Waals surface area contributed by atoms with Crippen LogP contribution >= 0.6 is 0 Å². The molecule has 0 saturated heterocycles. The zero-order valence-corrected chi connectivity index (χ0v) is 19.0. The minimum absolute atomic E-state index is 0.0483. The van der Waals surface area contributed by atoms with Crippen LogP contribution in [-0.4, -0.2) is 39.6 Å². The molecule has 3 aromatic rings. The Morgan fingerprint density at radius 1 is 1.00 bits per heavy atom. The monoisotopic (exact) mass is 430 g/mol. The average molecular weight is 431 g/mol. The van der Waals surface area contributed by atoms with E-state index in [0.717, 1.165) is 35.3 Å². The van der Waals surface area contributed by atoms with Crippen molar-refractivity contribution in [3.05, 3.63) is 65.9 Å². The Morgan fingerprint density at radius 2 is 1.66 bits per heavy atom. The third-order valence-electron chi connectivity index (χ3n) is 6.22. The molecule has 1 saturated carbocycles. The number of carbonyl (C=O) groups is 2. The Labute approximate surface area is 189 Å². The third-order valence-corrected chi connectivity index (χ3v) is 6.22. The molecule has 0 radical (unpaired) electrons. The topological polar surface area (TPSA) is 67.2 Å². The van der Waals surface area contributed by atoms with Gasteiger partial charge in [0.25, 0.3) is 5.91 Å². The summed E-state index contributed by atoms with van der Waals surface area (Å²) in [6.07, 6.45) is 5.80. The summed E-state index contributed by atoms with van der Waals surface area (Å²) >= 11 is 0. The lowest BCUT2D eigenvalue weighted by molar-refractivity contribution is -0.114. The van der Waals surface area contributed by atoms with Crippen molar-refractivity contribution in [1.82, 2.24) is 14.7 Å². The summed E-state index contributed by atoms with van der Waals surface area (Å²) in [6, 6.07) is 17.7. The van der Waals surface area contributed by atoms with Crippen molar-refractivity contribution in [2.24, 2.45) is 0 Å². The summed E-state index contributed by atoms with van der Waals surface area (Å²) in [4.78, 5) is 26.8. The summed E-state index contributed by atoms with van der Waals surface area (Å²) in [5, 5.41) is 7.64. The highest BCUT2D eigenvalue weighted by Crippen LogP contribution is 2.33. The molecule has 0 atom stereocenters. The van der Waals surface area contributed by atoms with E-state index in [0.29, 0.717) is 17.4 Å². The SMILES string of the molecule is CC(=O)Nc1c(-c2ccccc2)c(C)nn1-c1ccc(C(=O)N(C)C2CCCCC2)cc1. The van der Waals surface area contributed by atoms with Gasteiger partial charge in [-0.25, -0.2) is 4.68 Å². The molecule has 1 fully saturated rings. The van der Waals surface area contributed by atoms with E-state index < -0.39 is 0 Å². The molecule has 166 valence electrons. The first-order valence-electron chi connectivity index (χ1n) is 11.3. The van der Waals surface area contributed by atoms with Crippen molar-refractivity contribution in [2.45, 2.75) is 52.0 Å². The maximum absolute atomic E-state index is 13.0. The smallest absolute Gasteiger partial charge is 0.253 e. The van der Waals surface area contributed by atoms with Gasteiger partial charge in [-0.15, -0.1) is 0 Å². The van der Waals surface area contributed by atoms with Crippen molar-refractivity contribution in [2.75, 3.05) is 12.4 Å². The van der Waals surface area contributed by atoms with Gasteiger partial charge >= 0.3 is 0 Å². The highest BCUT2D eigenvalue weighted by atomic mass is 16.2. The van der Waals surface area contributed by atoms with Crippen LogP contribution in [0.5, 0.6) is 0 Å². The Balaban J connectivity index is 1.65. The van der Waals surface area contributed by atoms with Gasteiger partial charge in [-0.05, 0) is 49.6 Å². The van der Waals surface area contributed by atoms with E-state index in [1.165, 1.54) is 26.2 Å². The number of nitrogens with zero attached hydrogens (tertiary/aromatic N) is 3. The summed E-state index contributed by atoms with van der Waals surface area (Å²) in [6.45, 7) is 3.42. The molecule has 0 bridgehead atoms. The van der Waals surface area contributed by atoms with E-state index in [4.69, 9.17) is 5.10 Å². The second-order valence-corrected chi connectivity index (χ2v) is 8.52. The van der Waals surface area contributed by atoms with Gasteiger partial charge in [0.15, 0.2) is 0 Å². The summed E-state index contributed by atoms with van der Waals surface area (Å²) in [5.74, 6) is 0.510. The number of rotatable bonds is 5. The predicted octanol–water partition coefficient (Wildman–Crippen LogP) is 5.21. The molecule has 2 amide bonds. The summed E-state index contributed by atoms with van der Waals surface area (Å²) < 4.78 is 1.73. The number of nitrogens with one attached hydrogen (secondary N) is 1. The molecule has 0 spiro atoms. The number of aryl methyl sites for hydroxylation is 1. The van der Waals surface area contributed by atoms with Crippen molar-refractivity contribution < 1.29 is 9.59 Å². The zero-order valence-electron chi connectivity index (χ0n) is 19.0. The van der Waals surface area contributed by atoms with E-state index in [-0.39, 0.29) is 11.8 Å². The summed E-state index contributed by atoms with van der Waals surface area (Å²) in [7, 11) is 1.91. The number of aromatic nitrogens is 2. The van der Waals surface area contributed by atoms with Crippen molar-refractivity contribution in [1.29, 1.82) is 0 Å². The van der Waals surface area contributed by atoms with Crippen LogP contribution < -0.4 is 5.32 Å². The van der Waals surface area contributed by atoms with Crippen LogP contribution in [0.4, 0.5) is 5.82 Å². The van der Waals surface area contributed by atoms with Crippen LogP contribution in [0.15, 0.2) is 54.6 Å². The Kier molecular flexibility index (Phi) is 6.40. The van der Waals surface area contributed by atoms with Crippen LogP contribution in [0.25, 0.3) is 16.8 Å². The van der Waals surface area contributed by atoms with E-state index >= 15 is 0 Å². The zero-order chi connectivity index (χ0) is 22.7. The number of hydrogen-bond donors (Lipinski definition) is 1.